The quantitative estimate of drug-likeness (QED) is 0.0134. The Morgan fingerprint density at radius 3 is 1.73 bits per heavy atom. The Hall–Kier alpha value is -10.1. The van der Waals surface area contributed by atoms with Gasteiger partial charge in [0.1, 0.15) is 24.8 Å². The van der Waals surface area contributed by atoms with Crippen LogP contribution in [0.25, 0.3) is 21.3 Å². The van der Waals surface area contributed by atoms with Crippen molar-refractivity contribution in [2.45, 2.75) is 208 Å². The summed E-state index contributed by atoms with van der Waals surface area (Å²) >= 11 is 1.41. The van der Waals surface area contributed by atoms with Gasteiger partial charge in [0.15, 0.2) is 22.4 Å². The number of aromatic carboxylic acids is 1. The number of imide groups is 1. The van der Waals surface area contributed by atoms with Gasteiger partial charge < -0.3 is 92.3 Å². The Bertz CT molecular complexity index is 5090. The maximum atomic E-state index is 14.4. The van der Waals surface area contributed by atoms with Crippen molar-refractivity contribution in [2.24, 2.45) is 34.0 Å². The molecule has 6 amide bonds. The number of Topliss-reactive ketones (excluding diaryl/α,β-unsaturated/α-hetero) is 3. The van der Waals surface area contributed by atoms with E-state index in [1.165, 1.54) is 28.4 Å². The first-order chi connectivity index (χ1) is 69.0. The molecule has 0 radical (unpaired) electrons. The summed E-state index contributed by atoms with van der Waals surface area (Å²) in [4.78, 5) is 159. The highest BCUT2D eigenvalue weighted by molar-refractivity contribution is 7.22. The van der Waals surface area contributed by atoms with Gasteiger partial charge in [-0.05, 0) is 173 Å². The van der Waals surface area contributed by atoms with E-state index in [4.69, 9.17) is 76.4 Å². The summed E-state index contributed by atoms with van der Waals surface area (Å²) in [7, 11) is 1.63. The number of carboxylic acids is 1. The fourth-order valence-corrected chi connectivity index (χ4v) is 21.4. The highest BCUT2D eigenvalue weighted by Gasteiger charge is 2.66. The van der Waals surface area contributed by atoms with Crippen LogP contribution in [0.1, 0.15) is 199 Å². The number of nitrogens with one attached hydrogen (secondary N) is 4. The number of hydrogen-bond donors (Lipinski definition) is 5. The number of esters is 1. The average Bonchev–Trinajstić information content (AvgIpc) is 1.23. The Morgan fingerprint density at radius 2 is 1.14 bits per heavy atom. The number of nitrogens with zero attached hydrogens (tertiary/aromatic N) is 6. The summed E-state index contributed by atoms with van der Waals surface area (Å²) in [5.74, 6) is -5.83. The molecule has 5 N–H and O–H groups in total. The van der Waals surface area contributed by atoms with Crippen LogP contribution in [0.15, 0.2) is 97.2 Å². The SMILES string of the molecule is COCCOCCOCCOCCOCCOCCOCCOCCOCCOCCOCCOCC(=O)NCCCC[C@@H](CC(=O)OCc1ccc(CC(=O)[C@H](C)NC(=O)[C@@H](CC(=O)CCCCCN2C(=O)C=CC2=O)C(C)C)cc1)C(=O)N[C@H](C)C(=O)CCCOC12CC3(C)CC(C)(CC(Cn4ncc(-c5ccc(N6CCc7cccc(C(=O)Nc8nc9ccccc9s8)c7C6)nc5C(=O)O)c4C)(C3)C1)C2. The molecular weight excluding hydrogens is 1860 g/mol. The van der Waals surface area contributed by atoms with E-state index in [-0.39, 0.29) is 147 Å². The van der Waals surface area contributed by atoms with Crippen molar-refractivity contribution in [3.63, 3.8) is 0 Å². The summed E-state index contributed by atoms with van der Waals surface area (Å²) in [5, 5.41) is 27.9. The monoisotopic (exact) mass is 2010 g/mol. The highest BCUT2D eigenvalue weighted by Crippen LogP contribution is 2.72. The number of fused-ring (bicyclic) bond motifs is 2. The number of methoxy groups -OCH3 is 1. The van der Waals surface area contributed by atoms with Crippen molar-refractivity contribution >= 4 is 97.2 Å². The molecule has 2 aliphatic heterocycles. The summed E-state index contributed by atoms with van der Waals surface area (Å²) in [6.45, 7) is 25.1. The predicted molar refractivity (Wildman–Crippen MR) is 533 cm³/mol. The Kier molecular flexibility index (Phi) is 46.2. The zero-order chi connectivity index (χ0) is 102. The first-order valence-corrected chi connectivity index (χ1v) is 51.3. The van der Waals surface area contributed by atoms with Crippen molar-refractivity contribution in [3.8, 4) is 11.1 Å². The first-order valence-electron chi connectivity index (χ1n) is 50.5. The number of unbranched alkanes of at least 4 members (excludes halogenated alkanes) is 3. The number of ketones is 3. The molecule has 12 rings (SSSR count). The molecule has 2 unspecified atom stereocenters. The molecule has 0 saturated heterocycles. The Balaban J connectivity index is 0.592. The molecule has 3 aromatic carbocycles. The first kappa shape index (κ1) is 113. The number of hydrogen-bond acceptors (Lipinski definition) is 30. The van der Waals surface area contributed by atoms with Gasteiger partial charge in [-0.3, -0.25) is 62.8 Å². The zero-order valence-electron chi connectivity index (χ0n) is 84.5. The van der Waals surface area contributed by atoms with E-state index in [9.17, 15) is 57.8 Å². The largest absolute Gasteiger partial charge is 0.476 e. The van der Waals surface area contributed by atoms with E-state index >= 15 is 0 Å². The van der Waals surface area contributed by atoms with Gasteiger partial charge >= 0.3 is 11.9 Å². The molecule has 0 spiro atoms. The number of rotatable bonds is 73. The van der Waals surface area contributed by atoms with Gasteiger partial charge in [0.2, 0.25) is 17.7 Å². The minimum absolute atomic E-state index is 0.00988. The molecule has 36 nitrogen and oxygen atoms in total. The van der Waals surface area contributed by atoms with Crippen LogP contribution < -0.4 is 26.2 Å². The van der Waals surface area contributed by atoms with Gasteiger partial charge in [-0.25, -0.2) is 14.8 Å². The molecule has 5 heterocycles. The lowest BCUT2D eigenvalue weighted by Gasteiger charge is -2.69. The molecule has 6 aromatic rings. The number of carboxylic acid groups (broad SMARTS) is 1. The van der Waals surface area contributed by atoms with E-state index in [0.717, 1.165) is 65.6 Å². The van der Waals surface area contributed by atoms with Gasteiger partial charge in [-0.2, -0.15) is 5.10 Å². The van der Waals surface area contributed by atoms with Crippen molar-refractivity contribution in [2.75, 3.05) is 196 Å². The van der Waals surface area contributed by atoms with Crippen LogP contribution in [0.4, 0.5) is 10.9 Å². The second kappa shape index (κ2) is 58.3. The minimum Gasteiger partial charge on any atom is -0.476 e. The number of thiazole rings is 1. The highest BCUT2D eigenvalue weighted by atomic mass is 32.1. The van der Waals surface area contributed by atoms with Gasteiger partial charge in [-0.15, -0.1) is 0 Å². The normalized spacial score (nSPS) is 18.8. The molecule has 4 bridgehead atoms. The number of amides is 6. The van der Waals surface area contributed by atoms with Gasteiger partial charge in [0.25, 0.3) is 17.7 Å². The second-order valence-electron chi connectivity index (χ2n) is 39.1. The lowest BCUT2D eigenvalue weighted by molar-refractivity contribution is -0.248. The zero-order valence-corrected chi connectivity index (χ0v) is 85.3. The third kappa shape index (κ3) is 36.5. The van der Waals surface area contributed by atoms with Crippen LogP contribution in [0, 0.1) is 40.9 Å². The van der Waals surface area contributed by atoms with E-state index in [1.54, 1.807) is 57.5 Å². The standard InChI is InChI=1S/C106H148N10O26S/c1-74(2)85(62-82(117)20-10-9-15-35-115-94(121)31-32-95(115)122)100(126)110-76(4)90(119)60-78-25-27-79(28-26-78)65-141-96(123)61-81(18-13-14-34-107-93(120)66-140-59-58-139-57-56-138-55-54-137-53-52-136-51-50-135-49-48-134-47-46-133-45-44-132-43-42-131-41-40-130-39-38-129-8)98(124)109-75(3)89(118)23-17-37-142-106-70-103(6)67-104(7,71-106)69-105(68-103,72-106)73-116-77(5)86(63-108-116)83-29-30-92(112-97(83)101(127)128)114-36-33-80-19-16-21-84(87(80)64-114)99(125)113-102-111-88-22-11-12-24-91(88)143-102/h11-12,16,19,21-22,24-32,63,74-76,81,85H,9-10,13-15,17-18,20,23,33-62,64-73H2,1-8H3,(H,107,120)(H,109,124)(H,110,126)(H,127,128)(H,111,113,125)/t75-,76+,81+,85+,103?,104?,105?,106?/m1/s1. The minimum atomic E-state index is -1.17. The molecule has 4 aliphatic carbocycles. The number of anilines is 2. The van der Waals surface area contributed by atoms with Crippen molar-refractivity contribution < 1.29 is 124 Å². The van der Waals surface area contributed by atoms with Crippen LogP contribution in [-0.4, -0.2) is 297 Å². The summed E-state index contributed by atoms with van der Waals surface area (Å²) in [6.07, 6.45) is 13.6. The third-order valence-electron chi connectivity index (χ3n) is 26.7. The van der Waals surface area contributed by atoms with Gasteiger partial charge in [0.05, 0.1) is 186 Å². The molecule has 4 saturated carbocycles. The maximum Gasteiger partial charge on any atom is 0.355 e. The van der Waals surface area contributed by atoms with Crippen LogP contribution in [0.2, 0.25) is 0 Å². The fraction of sp³-hybridized carbons (Fsp3) is 0.623. The van der Waals surface area contributed by atoms with E-state index in [2.05, 4.69) is 40.1 Å². The van der Waals surface area contributed by atoms with Crippen molar-refractivity contribution in [1.29, 1.82) is 0 Å². The second-order valence-corrected chi connectivity index (χ2v) is 40.1. The van der Waals surface area contributed by atoms with Crippen molar-refractivity contribution in [1.82, 2.24) is 40.6 Å². The molecule has 6 atom stereocenters. The molecule has 784 valence electrons. The van der Waals surface area contributed by atoms with Crippen LogP contribution in [-0.2, 0) is 142 Å². The predicted octanol–water partition coefficient (Wildman–Crippen LogP) is 11.6. The average molecular weight is 2010 g/mol. The molecule has 3 aromatic heterocycles. The number of pyridine rings is 1. The van der Waals surface area contributed by atoms with Crippen molar-refractivity contribution in [3.05, 3.63) is 136 Å². The number of aromatic nitrogens is 4. The van der Waals surface area contributed by atoms with Crippen LogP contribution in [0.3, 0.4) is 0 Å². The topological polar surface area (TPSA) is 435 Å². The van der Waals surface area contributed by atoms with E-state index in [1.807, 2.05) is 78.9 Å². The van der Waals surface area contributed by atoms with Gasteiger partial charge in [0, 0.05) is 118 Å². The number of benzene rings is 3. The van der Waals surface area contributed by atoms with E-state index in [0.29, 0.717) is 242 Å². The third-order valence-corrected chi connectivity index (χ3v) is 27.7. The number of carbonyl (C=O) groups excluding carboxylic acids is 10. The Morgan fingerprint density at radius 1 is 0.559 bits per heavy atom. The Labute approximate surface area is 842 Å². The molecule has 37 heteroatoms. The lowest BCUT2D eigenvalue weighted by Crippen LogP contribution is -2.64. The number of ether oxygens (including phenoxy) is 14. The lowest BCUT2D eigenvalue weighted by atomic mass is 9.39. The molecule has 6 aliphatic rings. The number of para-hydroxylation sites is 1. The smallest absolute Gasteiger partial charge is 0.355 e. The molecule has 4 fully saturated rings. The summed E-state index contributed by atoms with van der Waals surface area (Å²) in [6, 6.07) is 22.2. The fourth-order valence-electron chi connectivity index (χ4n) is 20.5. The van der Waals surface area contributed by atoms with E-state index < -0.39 is 53.3 Å². The number of carbonyl (C=O) groups is 11. The maximum absolute atomic E-state index is 14.4. The van der Waals surface area contributed by atoms with Crippen LogP contribution >= 0.6 is 11.3 Å². The molecule has 143 heavy (non-hydrogen) atoms. The summed E-state index contributed by atoms with van der Waals surface area (Å²) in [5.41, 5.74) is 5.60. The van der Waals surface area contributed by atoms with Crippen LogP contribution in [0.5, 0.6) is 0 Å². The van der Waals surface area contributed by atoms with Gasteiger partial charge in [-0.1, -0.05) is 100 Å². The molecular formula is C106H148N10O26S. The summed E-state index contributed by atoms with van der Waals surface area (Å²) < 4.78 is 81.5.